The first-order valence-electron chi connectivity index (χ1n) is 37.3. The van der Waals surface area contributed by atoms with Crippen LogP contribution in [-0.4, -0.2) is 211 Å². The molecular weight excluding hydrogens is 1440 g/mol. The van der Waals surface area contributed by atoms with Crippen molar-refractivity contribution in [3.8, 4) is 0 Å². The number of H-pyrrole nitrogens is 1. The Morgan fingerprint density at radius 3 is 1.15 bits per heavy atom. The Labute approximate surface area is 647 Å². The van der Waals surface area contributed by atoms with E-state index in [0.717, 1.165) is 0 Å². The molecule has 111 heavy (non-hydrogen) atoms. The van der Waals surface area contributed by atoms with Crippen LogP contribution in [0.15, 0.2) is 55.4 Å². The molecule has 0 saturated heterocycles. The van der Waals surface area contributed by atoms with Crippen LogP contribution < -0.4 is 127 Å². The van der Waals surface area contributed by atoms with Crippen molar-refractivity contribution in [3.63, 3.8) is 0 Å². The van der Waals surface area contributed by atoms with Gasteiger partial charge in [0.25, 0.3) is 0 Å². The van der Waals surface area contributed by atoms with Crippen molar-refractivity contribution in [2.75, 3.05) is 32.7 Å². The van der Waals surface area contributed by atoms with Crippen molar-refractivity contribution in [2.24, 2.45) is 123 Å². The number of fused-ring (bicyclic) bond motifs is 1. The zero-order valence-electron chi connectivity index (χ0n) is 65.8. The number of nitrogens with one attached hydrogen (secondary N) is 12. The average molecular weight is 1560 g/mol. The summed E-state index contributed by atoms with van der Waals surface area (Å²) in [6.07, 6.45) is 2.68. The lowest BCUT2D eigenvalue weighted by atomic mass is 9.95. The Bertz CT molecular complexity index is 3560. The number of hydrogen-bond donors (Lipinski definition) is 24. The second-order valence-corrected chi connectivity index (χ2v) is 28.6. The highest BCUT2D eigenvalue weighted by atomic mass is 16.2. The van der Waals surface area contributed by atoms with Gasteiger partial charge in [0, 0.05) is 49.7 Å². The highest BCUT2D eigenvalue weighted by molar-refractivity contribution is 6.00. The smallest absolute Gasteiger partial charge is 0.245 e. The molecule has 12 amide bonds. The van der Waals surface area contributed by atoms with E-state index < -0.39 is 174 Å². The topological polar surface area (TPSA) is 727 Å². The van der Waals surface area contributed by atoms with Crippen molar-refractivity contribution in [1.82, 2.24) is 63.5 Å². The van der Waals surface area contributed by atoms with E-state index in [-0.39, 0.29) is 132 Å². The molecule has 622 valence electrons. The number of hydrogen-bond acceptors (Lipinski definition) is 18. The Balaban J connectivity index is 2.57. The summed E-state index contributed by atoms with van der Waals surface area (Å²) in [4.78, 5) is 193. The summed E-state index contributed by atoms with van der Waals surface area (Å²) in [5.74, 6) is -13.7. The van der Waals surface area contributed by atoms with Gasteiger partial charge in [-0.3, -0.25) is 82.5 Å². The summed E-state index contributed by atoms with van der Waals surface area (Å²) >= 11 is 0. The van der Waals surface area contributed by atoms with Gasteiger partial charge in [0.05, 0.1) is 12.6 Å². The molecule has 41 heteroatoms. The largest absolute Gasteiger partial charge is 0.370 e. The van der Waals surface area contributed by atoms with Gasteiger partial charge in [0.15, 0.2) is 29.8 Å². The van der Waals surface area contributed by atoms with E-state index in [1.807, 2.05) is 13.8 Å². The zero-order chi connectivity index (χ0) is 83.9. The van der Waals surface area contributed by atoms with Gasteiger partial charge in [0.1, 0.15) is 66.5 Å². The molecule has 0 aliphatic carbocycles. The maximum atomic E-state index is 15.0. The Kier molecular flexibility index (Phi) is 42.3. The van der Waals surface area contributed by atoms with Gasteiger partial charge in [-0.05, 0) is 106 Å². The first-order valence-corrected chi connectivity index (χ1v) is 37.3. The van der Waals surface area contributed by atoms with Crippen molar-refractivity contribution in [3.05, 3.63) is 36.0 Å². The number of rotatable bonds is 51. The van der Waals surface area contributed by atoms with Crippen molar-refractivity contribution >= 4 is 112 Å². The molecule has 41 nitrogen and oxygen atoms in total. The predicted octanol–water partition coefficient (Wildman–Crippen LogP) is -6.19. The first kappa shape index (κ1) is 95.8. The second kappa shape index (κ2) is 49.0. The number of guanidine groups is 5. The van der Waals surface area contributed by atoms with E-state index in [1.165, 1.54) is 6.92 Å². The summed E-state index contributed by atoms with van der Waals surface area (Å²) < 4.78 is 0. The molecule has 1 aromatic carbocycles. The molecule has 36 N–H and O–H groups in total. The number of aromatic amines is 1. The third kappa shape index (κ3) is 35.3. The number of carbonyl (C=O) groups excluding carboxylic acids is 12. The number of nitrogens with two attached hydrogens (primary N) is 12. The van der Waals surface area contributed by atoms with Gasteiger partial charge < -0.3 is 132 Å². The van der Waals surface area contributed by atoms with Gasteiger partial charge in [-0.2, -0.15) is 0 Å². The molecule has 1 aromatic heterocycles. The summed E-state index contributed by atoms with van der Waals surface area (Å²) in [7, 11) is 0. The molecule has 0 radical (unpaired) electrons. The lowest BCUT2D eigenvalue weighted by molar-refractivity contribution is -0.137. The number of primary amides is 1. The lowest BCUT2D eigenvalue weighted by Crippen LogP contribution is -2.62. The Morgan fingerprint density at radius 2 is 0.730 bits per heavy atom. The van der Waals surface area contributed by atoms with Gasteiger partial charge in [0.2, 0.25) is 70.9 Å². The molecule has 0 aliphatic rings. The number of amides is 12. The van der Waals surface area contributed by atoms with Crippen LogP contribution in [0.1, 0.15) is 152 Å². The van der Waals surface area contributed by atoms with Crippen LogP contribution in [0.5, 0.6) is 0 Å². The zero-order valence-corrected chi connectivity index (χ0v) is 65.8. The fourth-order valence-electron chi connectivity index (χ4n) is 11.2. The number of carbonyl (C=O) groups is 12. The minimum atomic E-state index is -1.67. The number of aliphatic imine (C=N–C) groups is 5. The van der Waals surface area contributed by atoms with Crippen LogP contribution in [0.25, 0.3) is 10.9 Å². The van der Waals surface area contributed by atoms with Gasteiger partial charge in [-0.15, -0.1) is 0 Å². The van der Waals surface area contributed by atoms with Crippen LogP contribution >= 0.6 is 0 Å². The summed E-state index contributed by atoms with van der Waals surface area (Å²) in [5, 5.41) is 30.2. The first-order chi connectivity index (χ1) is 52.1. The van der Waals surface area contributed by atoms with Crippen molar-refractivity contribution < 1.29 is 57.5 Å². The van der Waals surface area contributed by atoms with E-state index >= 15 is 0 Å². The van der Waals surface area contributed by atoms with E-state index in [4.69, 9.17) is 68.8 Å². The maximum absolute atomic E-state index is 15.0. The summed E-state index contributed by atoms with van der Waals surface area (Å²) in [6, 6.07) is -8.99. The standard InChI is InChI=1S/C70H125N29O12/c1-12-37(9)52(64(110)95-48(31-40-32-87-42-21-15-14-20-41(40)42)59(105)91-44(23-17-27-84-67(75)76)56(102)90-43(54(72)100)22-16-26-83-66(73)74)98-58(104)46(25-19-29-86-69(79)80)92-61(107)49(33-88-70(81)82)96-55(101)39(11)89-63(109)51(36(7)8)97-65(111)53(38(10)13-2)99-60(106)47(30-34(3)4)94-57(103)45(24-18-28-85-68(77)78)93-62(108)50(71)35(5)6/h14-15,20-21,32,34-39,43-53,87H,12-13,16-19,22-31,33,71H2,1-11H3,(H2,72,100)(H,89,109)(H,90,102)(H,91,105)(H,92,107)(H,93,108)(H,94,103)(H,95,110)(H,96,101)(H,97,111)(H,98,104)(H,99,106)(H4,73,74,83)(H4,75,76,84)(H4,77,78,85)(H4,79,80,86)(H4,81,82,88)/t37-,38-,39-,43-,44-,45-,46-,47-,48-,49-,50-,51-,52-,53-/m0/s1. The normalized spacial score (nSPS) is 14.9. The molecule has 1 heterocycles. The maximum Gasteiger partial charge on any atom is 0.245 e. The van der Waals surface area contributed by atoms with Gasteiger partial charge in [-0.1, -0.05) is 100 Å². The molecule has 0 bridgehead atoms. The third-order valence-electron chi connectivity index (χ3n) is 18.1. The van der Waals surface area contributed by atoms with Crippen molar-refractivity contribution in [1.29, 1.82) is 0 Å². The van der Waals surface area contributed by atoms with E-state index in [2.05, 4.69) is 88.4 Å². The van der Waals surface area contributed by atoms with Crippen LogP contribution in [0, 0.1) is 29.6 Å². The molecule has 0 saturated carbocycles. The lowest BCUT2D eigenvalue weighted by Gasteiger charge is -2.31. The van der Waals surface area contributed by atoms with Crippen molar-refractivity contribution in [2.45, 2.75) is 226 Å². The minimum Gasteiger partial charge on any atom is -0.370 e. The molecule has 0 fully saturated rings. The van der Waals surface area contributed by atoms with Crippen LogP contribution in [0.2, 0.25) is 0 Å². The average Bonchev–Trinajstić information content (AvgIpc) is 1.77. The minimum absolute atomic E-state index is 0.0203. The quantitative estimate of drug-likeness (QED) is 0.0166. The highest BCUT2D eigenvalue weighted by Crippen LogP contribution is 2.21. The second-order valence-electron chi connectivity index (χ2n) is 28.6. The summed E-state index contributed by atoms with van der Waals surface area (Å²) in [5.41, 5.74) is 68.8. The molecule has 2 aromatic rings. The number of aromatic nitrogens is 1. The Morgan fingerprint density at radius 1 is 0.378 bits per heavy atom. The fraction of sp³-hybridized carbons (Fsp3) is 0.643. The predicted molar refractivity (Wildman–Crippen MR) is 424 cm³/mol. The number of benzene rings is 1. The molecule has 0 unspecified atom stereocenters. The number of nitrogens with zero attached hydrogens (tertiary/aromatic N) is 5. The molecule has 14 atom stereocenters. The highest BCUT2D eigenvalue weighted by Gasteiger charge is 2.39. The van der Waals surface area contributed by atoms with E-state index in [9.17, 15) is 57.5 Å². The third-order valence-corrected chi connectivity index (χ3v) is 18.1. The SMILES string of the molecule is CC[C@H](C)[C@H](NC(=O)[C@H](CCCN=C(N)N)NC(=O)[C@H](CN=C(N)N)NC(=O)[C@H](C)NC(=O)[C@@H](NC(=O)[C@@H](NC(=O)[C@H](CC(C)C)NC(=O)[C@H](CCCN=C(N)N)NC(=O)[C@@H](N)C(C)C)[C@@H](C)CC)C(C)C)C(=O)N[C@@H](Cc1c[nH]c2ccccc12)C(=O)N[C@@H](CCCN=C(N)N)C(=O)N[C@@H](CCCN=C(N)N)C(N)=O. The van der Waals surface area contributed by atoms with Gasteiger partial charge in [-0.25, -0.2) is 0 Å². The van der Waals surface area contributed by atoms with Crippen LogP contribution in [-0.2, 0) is 64.0 Å². The van der Waals surface area contributed by atoms with Gasteiger partial charge >= 0.3 is 0 Å². The van der Waals surface area contributed by atoms with E-state index in [0.29, 0.717) is 22.9 Å². The summed E-state index contributed by atoms with van der Waals surface area (Å²) in [6.45, 7) is 18.1. The monoisotopic (exact) mass is 1560 g/mol. The number of para-hydroxylation sites is 1. The molecule has 2 rings (SSSR count). The molecule has 0 aliphatic heterocycles. The van der Waals surface area contributed by atoms with Crippen LogP contribution in [0.3, 0.4) is 0 Å². The molecular formula is C70H125N29O12. The van der Waals surface area contributed by atoms with Crippen LogP contribution in [0.4, 0.5) is 0 Å². The Hall–Kier alpha value is -11.3. The van der Waals surface area contributed by atoms with E-state index in [1.54, 1.807) is 85.9 Å². The molecule has 0 spiro atoms. The fourth-order valence-corrected chi connectivity index (χ4v) is 11.2.